The summed E-state index contributed by atoms with van der Waals surface area (Å²) in [5.74, 6) is 0.614. The van der Waals surface area contributed by atoms with Gasteiger partial charge in [0.1, 0.15) is 5.75 Å². The molecule has 0 amide bonds. The Bertz CT molecular complexity index is 1700. The maximum Gasteiger partial charge on any atom is 0.524 e. The summed E-state index contributed by atoms with van der Waals surface area (Å²) in [6.07, 6.45) is 0. The first kappa shape index (κ1) is 28.6. The zero-order valence-corrected chi connectivity index (χ0v) is 24.7. The van der Waals surface area contributed by atoms with E-state index < -0.39 is 7.82 Å². The summed E-state index contributed by atoms with van der Waals surface area (Å²) < 4.78 is 17.7. The van der Waals surface area contributed by atoms with Crippen molar-refractivity contribution < 1.29 is 18.9 Å². The van der Waals surface area contributed by atoms with Crippen molar-refractivity contribution in [1.29, 1.82) is 0 Å². The van der Waals surface area contributed by atoms with Crippen LogP contribution in [-0.4, -0.2) is 9.79 Å². The molecule has 5 aromatic rings. The molecule has 5 heteroatoms. The fourth-order valence-electron chi connectivity index (χ4n) is 5.63. The molecule has 0 aliphatic rings. The number of phosphoric ester groups is 1. The van der Waals surface area contributed by atoms with Crippen molar-refractivity contribution in [3.05, 3.63) is 126 Å². The summed E-state index contributed by atoms with van der Waals surface area (Å²) in [6.45, 7) is 8.67. The lowest BCUT2D eigenvalue weighted by molar-refractivity contribution is 0.283. The number of phosphoric acid groups is 1. The van der Waals surface area contributed by atoms with Gasteiger partial charge in [-0.1, -0.05) is 137 Å². The number of hydrogen-bond acceptors (Lipinski definition) is 2. The molecule has 2 N–H and O–H groups in total. The molecule has 0 radical (unpaired) electrons. The highest BCUT2D eigenvalue weighted by Gasteiger charge is 2.26. The average Bonchev–Trinajstić information content (AvgIpc) is 2.96. The lowest BCUT2D eigenvalue weighted by atomic mass is 9.81. The molecule has 0 atom stereocenters. The third-order valence-corrected chi connectivity index (χ3v) is 7.80. The van der Waals surface area contributed by atoms with E-state index in [2.05, 4.69) is 76.2 Å². The highest BCUT2D eigenvalue weighted by atomic mass is 31.2. The van der Waals surface area contributed by atoms with E-state index >= 15 is 0 Å². The molecule has 5 rings (SSSR count). The van der Waals surface area contributed by atoms with Crippen molar-refractivity contribution in [3.8, 4) is 50.3 Å². The minimum absolute atomic E-state index is 0.142. The first-order valence-corrected chi connectivity index (χ1v) is 15.4. The summed E-state index contributed by atoms with van der Waals surface area (Å²) in [4.78, 5) is 19.9. The minimum Gasteiger partial charge on any atom is -0.404 e. The van der Waals surface area contributed by atoms with E-state index in [0.717, 1.165) is 44.5 Å². The van der Waals surface area contributed by atoms with Gasteiger partial charge >= 0.3 is 7.82 Å². The number of benzene rings is 5. The maximum atomic E-state index is 12.3. The Morgan fingerprint density at radius 3 is 1.39 bits per heavy atom. The van der Waals surface area contributed by atoms with Crippen molar-refractivity contribution in [3.63, 3.8) is 0 Å². The smallest absolute Gasteiger partial charge is 0.404 e. The van der Waals surface area contributed by atoms with Gasteiger partial charge in [0.25, 0.3) is 0 Å². The fourth-order valence-corrected chi connectivity index (χ4v) is 6.04. The van der Waals surface area contributed by atoms with Crippen LogP contribution in [0.25, 0.3) is 44.5 Å². The van der Waals surface area contributed by atoms with Crippen molar-refractivity contribution in [1.82, 2.24) is 0 Å². The van der Waals surface area contributed by atoms with Crippen LogP contribution in [0.5, 0.6) is 5.75 Å². The normalized spacial score (nSPS) is 11.7. The van der Waals surface area contributed by atoms with Gasteiger partial charge in [0.15, 0.2) is 0 Å². The quantitative estimate of drug-likeness (QED) is 0.185. The zero-order valence-electron chi connectivity index (χ0n) is 23.8. The molecule has 0 fully saturated rings. The number of hydrogen-bond donors (Lipinski definition) is 2. The van der Waals surface area contributed by atoms with E-state index in [1.807, 2.05) is 54.6 Å². The third kappa shape index (κ3) is 6.06. The molecule has 5 aromatic carbocycles. The molecule has 0 bridgehead atoms. The van der Waals surface area contributed by atoms with Gasteiger partial charge in [0, 0.05) is 5.56 Å². The van der Waals surface area contributed by atoms with E-state index in [4.69, 9.17) is 4.52 Å². The monoisotopic (exact) mass is 562 g/mol. The van der Waals surface area contributed by atoms with Gasteiger partial charge in [-0.3, -0.25) is 9.79 Å². The number of rotatable bonds is 8. The molecular weight excluding hydrogens is 527 g/mol. The van der Waals surface area contributed by atoms with Crippen LogP contribution in [0.4, 0.5) is 0 Å². The standard InChI is InChI=1S/C36H35O4P/c1-24(2)28-18-11-20-30(34(28)26-14-7-5-8-15-26)31-21-13-23-33(40-41(37,38)39)36(31)32-22-12-19-29(25(3)4)35(32)27-16-9-6-10-17-27/h5-25H,1-4H3,(H2,37,38,39). The van der Waals surface area contributed by atoms with Crippen LogP contribution in [0.1, 0.15) is 50.7 Å². The topological polar surface area (TPSA) is 66.8 Å². The van der Waals surface area contributed by atoms with Gasteiger partial charge in [-0.15, -0.1) is 0 Å². The highest BCUT2D eigenvalue weighted by Crippen LogP contribution is 2.51. The second-order valence-electron chi connectivity index (χ2n) is 10.8. The molecule has 41 heavy (non-hydrogen) atoms. The van der Waals surface area contributed by atoms with Crippen LogP contribution in [-0.2, 0) is 4.57 Å². The molecule has 0 unspecified atom stereocenters. The summed E-state index contributed by atoms with van der Waals surface area (Å²) in [5.41, 5.74) is 9.89. The first-order valence-electron chi connectivity index (χ1n) is 13.9. The zero-order chi connectivity index (χ0) is 29.1. The Hall–Kier alpha value is -3.95. The highest BCUT2D eigenvalue weighted by molar-refractivity contribution is 7.46. The molecule has 0 spiro atoms. The van der Waals surface area contributed by atoms with E-state index in [-0.39, 0.29) is 17.6 Å². The van der Waals surface area contributed by atoms with Crippen LogP contribution in [0.15, 0.2) is 115 Å². The molecule has 0 aromatic heterocycles. The first-order chi connectivity index (χ1) is 19.7. The van der Waals surface area contributed by atoms with Crippen molar-refractivity contribution in [2.75, 3.05) is 0 Å². The average molecular weight is 563 g/mol. The van der Waals surface area contributed by atoms with Crippen molar-refractivity contribution in [2.45, 2.75) is 39.5 Å². The van der Waals surface area contributed by atoms with Gasteiger partial charge < -0.3 is 4.52 Å². The van der Waals surface area contributed by atoms with E-state index in [1.54, 1.807) is 12.1 Å². The van der Waals surface area contributed by atoms with Gasteiger partial charge in [-0.2, -0.15) is 0 Å². The Morgan fingerprint density at radius 1 is 0.512 bits per heavy atom. The summed E-state index contributed by atoms with van der Waals surface area (Å²) >= 11 is 0. The van der Waals surface area contributed by atoms with Crippen LogP contribution in [0.3, 0.4) is 0 Å². The molecule has 0 aliphatic carbocycles. The molecule has 0 saturated heterocycles. The predicted molar refractivity (Wildman–Crippen MR) is 169 cm³/mol. The molecule has 0 saturated carbocycles. The lowest BCUT2D eigenvalue weighted by Gasteiger charge is -2.24. The van der Waals surface area contributed by atoms with Gasteiger partial charge in [-0.25, -0.2) is 4.57 Å². The SMILES string of the molecule is CC(C)c1cccc(-c2cccc(OP(=O)(O)O)c2-c2cccc(C(C)C)c2-c2ccccc2)c1-c1ccccc1. The van der Waals surface area contributed by atoms with Crippen molar-refractivity contribution >= 4 is 7.82 Å². The Balaban J connectivity index is 1.93. The molecule has 0 heterocycles. The van der Waals surface area contributed by atoms with Crippen molar-refractivity contribution in [2.24, 2.45) is 0 Å². The third-order valence-electron chi connectivity index (χ3n) is 7.37. The summed E-state index contributed by atoms with van der Waals surface area (Å²) in [6, 6.07) is 38.3. The second kappa shape index (κ2) is 11.9. The van der Waals surface area contributed by atoms with Gasteiger partial charge in [0.2, 0.25) is 0 Å². The van der Waals surface area contributed by atoms with E-state index in [1.165, 1.54) is 5.56 Å². The molecule has 208 valence electrons. The predicted octanol–water partition coefficient (Wildman–Crippen LogP) is 10.1. The Labute approximate surface area is 242 Å². The maximum absolute atomic E-state index is 12.3. The van der Waals surface area contributed by atoms with Crippen LogP contribution in [0, 0.1) is 0 Å². The largest absolute Gasteiger partial charge is 0.524 e. The van der Waals surface area contributed by atoms with E-state index in [0.29, 0.717) is 5.56 Å². The fraction of sp³-hybridized carbons (Fsp3) is 0.167. The molecule has 4 nitrogen and oxygen atoms in total. The van der Waals surface area contributed by atoms with Crippen LogP contribution in [0.2, 0.25) is 0 Å². The minimum atomic E-state index is -4.86. The molecular formula is C36H35O4P. The molecule has 0 aliphatic heterocycles. The summed E-state index contributed by atoms with van der Waals surface area (Å²) in [7, 11) is -4.86. The summed E-state index contributed by atoms with van der Waals surface area (Å²) in [5, 5.41) is 0. The second-order valence-corrected chi connectivity index (χ2v) is 12.0. The van der Waals surface area contributed by atoms with Crippen LogP contribution >= 0.6 is 7.82 Å². The van der Waals surface area contributed by atoms with E-state index in [9.17, 15) is 14.4 Å². The van der Waals surface area contributed by atoms with Gasteiger partial charge in [-0.05, 0) is 68.0 Å². The Morgan fingerprint density at radius 2 is 0.927 bits per heavy atom. The Kier molecular flexibility index (Phi) is 8.28. The van der Waals surface area contributed by atoms with Gasteiger partial charge in [0.05, 0.1) is 0 Å². The van der Waals surface area contributed by atoms with Crippen LogP contribution < -0.4 is 4.52 Å². The lowest BCUT2D eigenvalue weighted by Crippen LogP contribution is -2.01.